The SMILES string of the molecule is CCCCCCCCC=CCCCCCCCC(=O)OCCC(NC(=O)CCCN(C)C)OC(=O)CCCCCCCC=CCCCCCCCC. The van der Waals surface area contributed by atoms with Crippen molar-refractivity contribution in [1.29, 1.82) is 0 Å². The second-order valence-corrected chi connectivity index (χ2v) is 15.1. The first-order chi connectivity index (χ1) is 25.4. The Morgan fingerprint density at radius 1 is 0.519 bits per heavy atom. The van der Waals surface area contributed by atoms with Gasteiger partial charge < -0.3 is 19.7 Å². The van der Waals surface area contributed by atoms with Gasteiger partial charge in [0.2, 0.25) is 5.91 Å². The first kappa shape index (κ1) is 49.9. The highest BCUT2D eigenvalue weighted by molar-refractivity contribution is 5.76. The normalized spacial score (nSPS) is 12.2. The molecule has 7 nitrogen and oxygen atoms in total. The number of nitrogens with zero attached hydrogens (tertiary/aromatic N) is 1. The Kier molecular flexibility index (Phi) is 38.4. The molecule has 304 valence electrons. The topological polar surface area (TPSA) is 84.9 Å². The Hall–Kier alpha value is -2.15. The number of allylic oxidation sites excluding steroid dienone is 4. The van der Waals surface area contributed by atoms with E-state index in [1.54, 1.807) is 0 Å². The Labute approximate surface area is 321 Å². The van der Waals surface area contributed by atoms with Gasteiger partial charge >= 0.3 is 11.9 Å². The van der Waals surface area contributed by atoms with E-state index in [0.29, 0.717) is 19.3 Å². The molecule has 0 aromatic heterocycles. The van der Waals surface area contributed by atoms with Crippen LogP contribution in [0.3, 0.4) is 0 Å². The summed E-state index contributed by atoms with van der Waals surface area (Å²) in [5.74, 6) is -0.690. The van der Waals surface area contributed by atoms with E-state index < -0.39 is 6.23 Å². The molecule has 0 radical (unpaired) electrons. The summed E-state index contributed by atoms with van der Waals surface area (Å²) in [5, 5.41) is 2.85. The largest absolute Gasteiger partial charge is 0.465 e. The number of amides is 1. The second kappa shape index (κ2) is 40.0. The molecule has 0 rings (SSSR count). The molecule has 1 unspecified atom stereocenters. The highest BCUT2D eigenvalue weighted by atomic mass is 16.6. The van der Waals surface area contributed by atoms with E-state index in [4.69, 9.17) is 9.47 Å². The van der Waals surface area contributed by atoms with Crippen molar-refractivity contribution in [3.8, 4) is 0 Å². The van der Waals surface area contributed by atoms with Crippen LogP contribution in [0.15, 0.2) is 24.3 Å². The molecule has 0 saturated carbocycles. The molecule has 0 aliphatic heterocycles. The Morgan fingerprint density at radius 3 is 1.37 bits per heavy atom. The van der Waals surface area contributed by atoms with Gasteiger partial charge in [0.15, 0.2) is 6.23 Å². The van der Waals surface area contributed by atoms with E-state index in [1.165, 1.54) is 116 Å². The number of esters is 2. The third-order valence-electron chi connectivity index (χ3n) is 9.53. The molecule has 0 spiro atoms. The zero-order chi connectivity index (χ0) is 38.2. The molecular weight excluding hydrogens is 649 g/mol. The number of ether oxygens (including phenoxy) is 2. The molecule has 0 fully saturated rings. The molecule has 0 aromatic rings. The summed E-state index contributed by atoms with van der Waals surface area (Å²) < 4.78 is 11.1. The summed E-state index contributed by atoms with van der Waals surface area (Å²) in [6, 6.07) is 0. The lowest BCUT2D eigenvalue weighted by molar-refractivity contribution is -0.154. The van der Waals surface area contributed by atoms with Gasteiger partial charge in [0.25, 0.3) is 0 Å². The van der Waals surface area contributed by atoms with Crippen molar-refractivity contribution in [2.45, 2.75) is 219 Å². The summed E-state index contributed by atoms with van der Waals surface area (Å²) in [6.45, 7) is 5.44. The third-order valence-corrected chi connectivity index (χ3v) is 9.53. The summed E-state index contributed by atoms with van der Waals surface area (Å²) in [5.41, 5.74) is 0. The van der Waals surface area contributed by atoms with Crippen LogP contribution in [0.25, 0.3) is 0 Å². The number of rotatable bonds is 39. The van der Waals surface area contributed by atoms with E-state index >= 15 is 0 Å². The maximum Gasteiger partial charge on any atom is 0.307 e. The average Bonchev–Trinajstić information content (AvgIpc) is 3.11. The van der Waals surface area contributed by atoms with Crippen LogP contribution in [0.2, 0.25) is 0 Å². The first-order valence-corrected chi connectivity index (χ1v) is 22.0. The van der Waals surface area contributed by atoms with Crippen LogP contribution in [0.5, 0.6) is 0 Å². The van der Waals surface area contributed by atoms with E-state index in [-0.39, 0.29) is 30.9 Å². The predicted molar refractivity (Wildman–Crippen MR) is 220 cm³/mol. The van der Waals surface area contributed by atoms with Gasteiger partial charge in [-0.05, 0) is 91.3 Å². The van der Waals surface area contributed by atoms with Crippen LogP contribution in [-0.4, -0.2) is 56.2 Å². The minimum atomic E-state index is -0.782. The number of nitrogens with one attached hydrogen (secondary N) is 1. The molecule has 52 heavy (non-hydrogen) atoms. The van der Waals surface area contributed by atoms with Gasteiger partial charge in [-0.15, -0.1) is 0 Å². The molecule has 0 saturated heterocycles. The number of unbranched alkanes of at least 4 members (excludes halogenated alkanes) is 22. The lowest BCUT2D eigenvalue weighted by Crippen LogP contribution is -2.39. The zero-order valence-electron chi connectivity index (χ0n) is 34.7. The third kappa shape index (κ3) is 39.1. The molecule has 7 heteroatoms. The maximum absolute atomic E-state index is 12.6. The lowest BCUT2D eigenvalue weighted by Gasteiger charge is -2.20. The molecular formula is C45H84N2O5. The monoisotopic (exact) mass is 733 g/mol. The van der Waals surface area contributed by atoms with Crippen LogP contribution in [-0.2, 0) is 23.9 Å². The molecule has 0 bridgehead atoms. The van der Waals surface area contributed by atoms with Crippen molar-refractivity contribution in [1.82, 2.24) is 10.2 Å². The smallest absolute Gasteiger partial charge is 0.307 e. The molecule has 1 N–H and O–H groups in total. The van der Waals surface area contributed by atoms with E-state index in [1.807, 2.05) is 19.0 Å². The van der Waals surface area contributed by atoms with Crippen molar-refractivity contribution in [2.24, 2.45) is 0 Å². The highest BCUT2D eigenvalue weighted by Gasteiger charge is 2.18. The minimum Gasteiger partial charge on any atom is -0.465 e. The van der Waals surface area contributed by atoms with Crippen molar-refractivity contribution >= 4 is 17.8 Å². The average molecular weight is 733 g/mol. The van der Waals surface area contributed by atoms with Crippen molar-refractivity contribution in [3.63, 3.8) is 0 Å². The van der Waals surface area contributed by atoms with Crippen LogP contribution in [0, 0.1) is 0 Å². The molecule has 0 aliphatic rings. The van der Waals surface area contributed by atoms with Gasteiger partial charge in [-0.1, -0.05) is 141 Å². The standard InChI is InChI=1S/C45H84N2O5/c1-5-7-9-11-13-15-17-19-21-23-25-27-29-31-33-37-44(49)51-41-39-43(46-42(48)36-35-40-47(3)4)52-45(50)38-34-32-30-28-26-24-22-20-18-16-14-12-10-8-6-2/h19-22,43H,5-18,23-41H2,1-4H3,(H,46,48). The Morgan fingerprint density at radius 2 is 0.923 bits per heavy atom. The second-order valence-electron chi connectivity index (χ2n) is 15.1. The van der Waals surface area contributed by atoms with Gasteiger partial charge in [-0.3, -0.25) is 14.4 Å². The van der Waals surface area contributed by atoms with E-state index in [9.17, 15) is 14.4 Å². The van der Waals surface area contributed by atoms with Crippen molar-refractivity contribution < 1.29 is 23.9 Å². The number of hydrogen-bond acceptors (Lipinski definition) is 6. The van der Waals surface area contributed by atoms with Crippen molar-refractivity contribution in [3.05, 3.63) is 24.3 Å². The minimum absolute atomic E-state index is 0.118. The Bertz CT molecular complexity index is 872. The Balaban J connectivity index is 4.14. The molecule has 0 aliphatic carbocycles. The molecule has 0 aromatic carbocycles. The van der Waals surface area contributed by atoms with Gasteiger partial charge in [0, 0.05) is 25.7 Å². The van der Waals surface area contributed by atoms with Crippen molar-refractivity contribution in [2.75, 3.05) is 27.2 Å². The van der Waals surface area contributed by atoms with Gasteiger partial charge in [0.1, 0.15) is 0 Å². The molecule has 1 amide bonds. The van der Waals surface area contributed by atoms with E-state index in [2.05, 4.69) is 43.5 Å². The fourth-order valence-corrected chi connectivity index (χ4v) is 6.22. The summed E-state index contributed by atoms with van der Waals surface area (Å²) in [7, 11) is 3.95. The summed E-state index contributed by atoms with van der Waals surface area (Å²) in [4.78, 5) is 39.6. The van der Waals surface area contributed by atoms with Gasteiger partial charge in [0.05, 0.1) is 6.61 Å². The summed E-state index contributed by atoms with van der Waals surface area (Å²) >= 11 is 0. The fraction of sp³-hybridized carbons (Fsp3) is 0.844. The van der Waals surface area contributed by atoms with Crippen LogP contribution in [0.1, 0.15) is 213 Å². The zero-order valence-corrected chi connectivity index (χ0v) is 34.7. The van der Waals surface area contributed by atoms with Crippen LogP contribution < -0.4 is 5.32 Å². The summed E-state index contributed by atoms with van der Waals surface area (Å²) in [6.07, 6.45) is 42.1. The van der Waals surface area contributed by atoms with Crippen LogP contribution in [0.4, 0.5) is 0 Å². The maximum atomic E-state index is 12.6. The van der Waals surface area contributed by atoms with Crippen LogP contribution >= 0.6 is 0 Å². The fourth-order valence-electron chi connectivity index (χ4n) is 6.22. The molecule has 0 heterocycles. The number of carbonyl (C=O) groups is 3. The van der Waals surface area contributed by atoms with E-state index in [0.717, 1.165) is 64.3 Å². The number of carbonyl (C=O) groups excluding carboxylic acids is 3. The molecule has 1 atom stereocenters. The van der Waals surface area contributed by atoms with Gasteiger partial charge in [-0.25, -0.2) is 0 Å². The number of hydrogen-bond donors (Lipinski definition) is 1. The van der Waals surface area contributed by atoms with Gasteiger partial charge in [-0.2, -0.15) is 0 Å². The lowest BCUT2D eigenvalue weighted by atomic mass is 10.1. The highest BCUT2D eigenvalue weighted by Crippen LogP contribution is 2.13. The predicted octanol–water partition coefficient (Wildman–Crippen LogP) is 12.3. The quantitative estimate of drug-likeness (QED) is 0.0293. The first-order valence-electron chi connectivity index (χ1n) is 22.0.